The Kier molecular flexibility index (Phi) is 3.85. The largest absolute Gasteiger partial charge is 0.366 e. The molecule has 0 aliphatic heterocycles. The number of carbonyl (C=O) groups is 2. The Hall–Kier alpha value is -1.62. The van der Waals surface area contributed by atoms with E-state index in [0.717, 1.165) is 41.3 Å². The predicted octanol–water partition coefficient (Wildman–Crippen LogP) is 2.75. The number of rotatable bonds is 2. The van der Waals surface area contributed by atoms with Crippen LogP contribution in [0.1, 0.15) is 40.7 Å². The van der Waals surface area contributed by atoms with Gasteiger partial charge in [0.2, 0.25) is 11.8 Å². The molecule has 4 nitrogen and oxygen atoms in total. The topological polar surface area (TPSA) is 63.4 Å². The minimum absolute atomic E-state index is 0.0545. The van der Waals surface area contributed by atoms with Gasteiger partial charge in [-0.3, -0.25) is 9.59 Å². The average Bonchev–Trinajstić information content (AvgIpc) is 2.85. The van der Waals surface area contributed by atoms with Gasteiger partial charge in [-0.25, -0.2) is 0 Å². The lowest BCUT2D eigenvalue weighted by Crippen LogP contribution is -2.31. The fraction of sp³-hybridized carbons (Fsp3) is 0.412. The smallest absolute Gasteiger partial charge is 0.249 e. The van der Waals surface area contributed by atoms with E-state index in [4.69, 9.17) is 5.73 Å². The maximum Gasteiger partial charge on any atom is 0.249 e. The Labute approximate surface area is 138 Å². The first kappa shape index (κ1) is 15.3. The average molecular weight is 363 g/mol. The van der Waals surface area contributed by atoms with Crippen molar-refractivity contribution in [3.63, 3.8) is 0 Å². The van der Waals surface area contributed by atoms with E-state index in [0.29, 0.717) is 5.56 Å². The van der Waals surface area contributed by atoms with E-state index >= 15 is 0 Å². The monoisotopic (exact) mass is 362 g/mol. The third-order valence-electron chi connectivity index (χ3n) is 4.67. The quantitative estimate of drug-likeness (QED) is 0.878. The number of amides is 2. The van der Waals surface area contributed by atoms with Gasteiger partial charge in [0.1, 0.15) is 0 Å². The first-order valence-corrected chi connectivity index (χ1v) is 8.23. The lowest BCUT2D eigenvalue weighted by molar-refractivity contribution is -0.133. The van der Waals surface area contributed by atoms with Crippen molar-refractivity contribution in [2.45, 2.75) is 25.7 Å². The highest BCUT2D eigenvalue weighted by molar-refractivity contribution is 9.10. The summed E-state index contributed by atoms with van der Waals surface area (Å²) in [4.78, 5) is 25.6. The van der Waals surface area contributed by atoms with Crippen LogP contribution in [0.25, 0.3) is 5.57 Å². The Morgan fingerprint density at radius 3 is 2.68 bits per heavy atom. The van der Waals surface area contributed by atoms with E-state index in [-0.39, 0.29) is 17.7 Å². The van der Waals surface area contributed by atoms with Crippen molar-refractivity contribution in [3.8, 4) is 0 Å². The minimum atomic E-state index is -0.385. The van der Waals surface area contributed by atoms with Gasteiger partial charge in [0.05, 0.1) is 0 Å². The predicted molar refractivity (Wildman–Crippen MR) is 89.3 cm³/mol. The SMILES string of the molecule is CN(C)C(=O)C1CCC2=C(Cc3c(C(N)=O)ccc(Br)c32)C1. The number of nitrogens with zero attached hydrogens (tertiary/aromatic N) is 1. The maximum atomic E-state index is 12.2. The molecular weight excluding hydrogens is 344 g/mol. The minimum Gasteiger partial charge on any atom is -0.366 e. The fourth-order valence-electron chi connectivity index (χ4n) is 3.65. The number of hydrogen-bond acceptors (Lipinski definition) is 2. The van der Waals surface area contributed by atoms with Crippen LogP contribution in [0.5, 0.6) is 0 Å². The second-order valence-electron chi connectivity index (χ2n) is 6.24. The Balaban J connectivity index is 1.97. The number of allylic oxidation sites excluding steroid dienone is 2. The van der Waals surface area contributed by atoms with Crippen LogP contribution in [0.4, 0.5) is 0 Å². The first-order valence-electron chi connectivity index (χ1n) is 7.43. The fourth-order valence-corrected chi connectivity index (χ4v) is 4.26. The van der Waals surface area contributed by atoms with Gasteiger partial charge in [0, 0.05) is 30.0 Å². The molecule has 116 valence electrons. The zero-order valence-corrected chi connectivity index (χ0v) is 14.4. The van der Waals surface area contributed by atoms with Crippen LogP contribution < -0.4 is 5.73 Å². The van der Waals surface area contributed by atoms with Crippen LogP contribution in [-0.2, 0) is 11.2 Å². The summed E-state index contributed by atoms with van der Waals surface area (Å²) in [5, 5.41) is 0. The van der Waals surface area contributed by atoms with Crippen molar-refractivity contribution in [2.24, 2.45) is 11.7 Å². The molecule has 2 aliphatic rings. The summed E-state index contributed by atoms with van der Waals surface area (Å²) in [5.41, 5.74) is 10.8. The van der Waals surface area contributed by atoms with Gasteiger partial charge < -0.3 is 10.6 Å². The third kappa shape index (κ3) is 2.37. The molecule has 0 heterocycles. The van der Waals surface area contributed by atoms with E-state index in [1.807, 2.05) is 6.07 Å². The number of primary amides is 1. The summed E-state index contributed by atoms with van der Waals surface area (Å²) in [5.74, 6) is -0.139. The van der Waals surface area contributed by atoms with Gasteiger partial charge in [-0.1, -0.05) is 21.5 Å². The van der Waals surface area contributed by atoms with E-state index in [9.17, 15) is 9.59 Å². The van der Waals surface area contributed by atoms with E-state index in [1.165, 1.54) is 11.1 Å². The van der Waals surface area contributed by atoms with Crippen molar-refractivity contribution in [1.82, 2.24) is 4.90 Å². The van der Waals surface area contributed by atoms with E-state index < -0.39 is 0 Å². The second-order valence-corrected chi connectivity index (χ2v) is 7.10. The number of nitrogens with two attached hydrogens (primary N) is 1. The van der Waals surface area contributed by atoms with Gasteiger partial charge in [-0.15, -0.1) is 0 Å². The summed E-state index contributed by atoms with van der Waals surface area (Å²) >= 11 is 3.60. The molecule has 0 spiro atoms. The lowest BCUT2D eigenvalue weighted by Gasteiger charge is -2.26. The van der Waals surface area contributed by atoms with Crippen molar-refractivity contribution >= 4 is 33.3 Å². The molecular formula is C17H19BrN2O2. The first-order chi connectivity index (χ1) is 10.4. The molecule has 1 unspecified atom stereocenters. The van der Waals surface area contributed by atoms with Crippen LogP contribution >= 0.6 is 15.9 Å². The van der Waals surface area contributed by atoms with Gasteiger partial charge in [-0.05, 0) is 54.5 Å². The molecule has 22 heavy (non-hydrogen) atoms. The molecule has 2 aliphatic carbocycles. The molecule has 1 aromatic rings. The molecule has 1 aromatic carbocycles. The number of hydrogen-bond donors (Lipinski definition) is 1. The molecule has 0 radical (unpaired) electrons. The molecule has 5 heteroatoms. The third-order valence-corrected chi connectivity index (χ3v) is 5.33. The molecule has 0 saturated carbocycles. The Morgan fingerprint density at radius 1 is 1.32 bits per heavy atom. The molecule has 0 bridgehead atoms. The molecule has 0 saturated heterocycles. The van der Waals surface area contributed by atoms with Crippen LogP contribution in [-0.4, -0.2) is 30.8 Å². The van der Waals surface area contributed by atoms with Crippen molar-refractivity contribution in [2.75, 3.05) is 14.1 Å². The van der Waals surface area contributed by atoms with Gasteiger partial charge >= 0.3 is 0 Å². The number of benzene rings is 1. The molecule has 0 fully saturated rings. The second kappa shape index (κ2) is 5.54. The van der Waals surface area contributed by atoms with E-state index in [2.05, 4.69) is 15.9 Å². The summed E-state index contributed by atoms with van der Waals surface area (Å²) in [6.07, 6.45) is 3.27. The van der Waals surface area contributed by atoms with Crippen LogP contribution in [0.15, 0.2) is 22.2 Å². The van der Waals surface area contributed by atoms with Gasteiger partial charge in [-0.2, -0.15) is 0 Å². The zero-order chi connectivity index (χ0) is 16.0. The normalized spacial score (nSPS) is 19.7. The lowest BCUT2D eigenvalue weighted by atomic mass is 9.83. The molecule has 2 amide bonds. The summed E-state index contributed by atoms with van der Waals surface area (Å²) in [6, 6.07) is 3.68. The number of halogens is 1. The van der Waals surface area contributed by atoms with Crippen molar-refractivity contribution in [1.29, 1.82) is 0 Å². The van der Waals surface area contributed by atoms with Gasteiger partial charge in [0.15, 0.2) is 0 Å². The van der Waals surface area contributed by atoms with Crippen LogP contribution in [0, 0.1) is 5.92 Å². The summed E-state index contributed by atoms with van der Waals surface area (Å²) in [7, 11) is 3.61. The van der Waals surface area contributed by atoms with Crippen LogP contribution in [0.2, 0.25) is 0 Å². The van der Waals surface area contributed by atoms with Crippen molar-refractivity contribution in [3.05, 3.63) is 38.9 Å². The highest BCUT2D eigenvalue weighted by Crippen LogP contribution is 2.47. The number of carbonyl (C=O) groups excluding carboxylic acids is 2. The standard InChI is InChI=1S/C17H19BrN2O2/c1-20(2)17(22)9-3-4-11-10(7-9)8-13-12(16(19)21)5-6-14(18)15(11)13/h5-6,9H,3-4,7-8H2,1-2H3,(H2,19,21). The van der Waals surface area contributed by atoms with Crippen LogP contribution in [0.3, 0.4) is 0 Å². The van der Waals surface area contributed by atoms with E-state index in [1.54, 1.807) is 25.1 Å². The summed E-state index contributed by atoms with van der Waals surface area (Å²) < 4.78 is 1.01. The molecule has 1 atom stereocenters. The molecule has 2 N–H and O–H groups in total. The summed E-state index contributed by atoms with van der Waals surface area (Å²) in [6.45, 7) is 0. The maximum absolute atomic E-state index is 12.2. The molecule has 0 aromatic heterocycles. The highest BCUT2D eigenvalue weighted by atomic mass is 79.9. The molecule has 3 rings (SSSR count). The highest BCUT2D eigenvalue weighted by Gasteiger charge is 2.34. The Bertz CT molecular complexity index is 707. The Morgan fingerprint density at radius 2 is 2.05 bits per heavy atom. The van der Waals surface area contributed by atoms with Gasteiger partial charge in [0.25, 0.3) is 0 Å². The zero-order valence-electron chi connectivity index (χ0n) is 12.8. The van der Waals surface area contributed by atoms with Crippen molar-refractivity contribution < 1.29 is 9.59 Å². The number of fused-ring (bicyclic) bond motifs is 2.